The molecule has 33 heavy (non-hydrogen) atoms. The number of anilines is 1. The van der Waals surface area contributed by atoms with Crippen LogP contribution in [0.15, 0.2) is 59.4 Å². The molecule has 3 N–H and O–H groups in total. The molecule has 3 aromatic heterocycles. The van der Waals surface area contributed by atoms with Crippen molar-refractivity contribution < 1.29 is 13.6 Å². The predicted molar refractivity (Wildman–Crippen MR) is 124 cm³/mol. The number of aromatic nitrogens is 3. The highest BCUT2D eigenvalue weighted by atomic mass is 19.1. The maximum absolute atomic E-state index is 13.4. The molecular weight excluding hydrogens is 421 g/mol. The van der Waals surface area contributed by atoms with Gasteiger partial charge in [-0.25, -0.2) is 9.37 Å². The van der Waals surface area contributed by atoms with E-state index in [1.54, 1.807) is 29.2 Å². The number of rotatable bonds is 5. The first-order valence-electron chi connectivity index (χ1n) is 10.5. The molecule has 0 aliphatic rings. The molecule has 5 rings (SSSR count). The van der Waals surface area contributed by atoms with Crippen molar-refractivity contribution >= 4 is 33.5 Å². The third-order valence-electron chi connectivity index (χ3n) is 5.88. The van der Waals surface area contributed by atoms with Crippen LogP contribution in [0.25, 0.3) is 21.7 Å². The van der Waals surface area contributed by atoms with Crippen LogP contribution in [0.4, 0.5) is 10.2 Å². The van der Waals surface area contributed by atoms with Gasteiger partial charge in [0, 0.05) is 29.7 Å². The number of hydrogen-bond acceptors (Lipinski definition) is 5. The smallest absolute Gasteiger partial charge is 0.254 e. The normalized spacial score (nSPS) is 11.4. The number of nitrogens with zero attached hydrogens (tertiary/aromatic N) is 3. The number of aryl methyl sites for hydroxylation is 2. The van der Waals surface area contributed by atoms with Crippen molar-refractivity contribution in [1.82, 2.24) is 20.1 Å². The summed E-state index contributed by atoms with van der Waals surface area (Å²) in [7, 11) is 0. The van der Waals surface area contributed by atoms with Crippen LogP contribution in [-0.4, -0.2) is 20.7 Å². The Morgan fingerprint density at radius 2 is 2.03 bits per heavy atom. The molecule has 0 unspecified atom stereocenters. The van der Waals surface area contributed by atoms with E-state index < -0.39 is 0 Å². The SMILES string of the molecule is Cc1cc2c(N)nccc2c(C)c1CNC(=O)c1cnn(Cc2cc3cc(F)ccc3o2)c1. The second kappa shape index (κ2) is 8.05. The molecular formula is C25H22FN5O2. The number of carbonyl (C=O) groups excluding carboxylic acids is 1. The Morgan fingerprint density at radius 3 is 2.88 bits per heavy atom. The van der Waals surface area contributed by atoms with Gasteiger partial charge in [-0.05, 0) is 72.3 Å². The summed E-state index contributed by atoms with van der Waals surface area (Å²) in [4.78, 5) is 16.9. The molecule has 0 aliphatic heterocycles. The van der Waals surface area contributed by atoms with E-state index in [9.17, 15) is 9.18 Å². The van der Waals surface area contributed by atoms with E-state index in [1.807, 2.05) is 26.0 Å². The molecule has 0 saturated carbocycles. The van der Waals surface area contributed by atoms with E-state index in [0.717, 1.165) is 27.5 Å². The fourth-order valence-electron chi connectivity index (χ4n) is 4.15. The summed E-state index contributed by atoms with van der Waals surface area (Å²) < 4.78 is 20.7. The summed E-state index contributed by atoms with van der Waals surface area (Å²) in [6.07, 6.45) is 4.87. The third kappa shape index (κ3) is 3.91. The molecule has 0 fully saturated rings. The number of nitrogens with two attached hydrogens (primary N) is 1. The molecule has 5 aromatic rings. The van der Waals surface area contributed by atoms with E-state index in [1.165, 1.54) is 18.3 Å². The minimum absolute atomic E-state index is 0.221. The first-order valence-corrected chi connectivity index (χ1v) is 10.5. The Bertz CT molecular complexity index is 1520. The number of halogens is 1. The summed E-state index contributed by atoms with van der Waals surface area (Å²) in [5.74, 6) is 0.587. The molecule has 0 atom stereocenters. The molecule has 0 radical (unpaired) electrons. The van der Waals surface area contributed by atoms with Crippen molar-refractivity contribution in [2.75, 3.05) is 5.73 Å². The molecule has 1 amide bonds. The van der Waals surface area contributed by atoms with Gasteiger partial charge in [0.2, 0.25) is 0 Å². The average molecular weight is 443 g/mol. The quantitative estimate of drug-likeness (QED) is 0.417. The van der Waals surface area contributed by atoms with Gasteiger partial charge >= 0.3 is 0 Å². The first-order chi connectivity index (χ1) is 15.9. The summed E-state index contributed by atoms with van der Waals surface area (Å²) in [6, 6.07) is 10.1. The molecule has 2 aromatic carbocycles. The lowest BCUT2D eigenvalue weighted by Crippen LogP contribution is -2.23. The number of pyridine rings is 1. The van der Waals surface area contributed by atoms with Gasteiger partial charge in [-0.15, -0.1) is 0 Å². The Kier molecular flexibility index (Phi) is 5.05. The van der Waals surface area contributed by atoms with Gasteiger partial charge in [0.25, 0.3) is 5.91 Å². The van der Waals surface area contributed by atoms with E-state index in [4.69, 9.17) is 10.2 Å². The van der Waals surface area contributed by atoms with Gasteiger partial charge in [-0.3, -0.25) is 9.48 Å². The van der Waals surface area contributed by atoms with Crippen LogP contribution in [0.1, 0.15) is 32.8 Å². The lowest BCUT2D eigenvalue weighted by molar-refractivity contribution is 0.0950. The summed E-state index contributed by atoms with van der Waals surface area (Å²) in [6.45, 7) is 4.74. The maximum atomic E-state index is 13.4. The molecule has 0 spiro atoms. The molecule has 8 heteroatoms. The van der Waals surface area contributed by atoms with E-state index >= 15 is 0 Å². The van der Waals surface area contributed by atoms with Crippen LogP contribution < -0.4 is 11.1 Å². The predicted octanol–water partition coefficient (Wildman–Crippen LogP) is 4.49. The minimum atomic E-state index is -0.315. The molecule has 0 saturated heterocycles. The van der Waals surface area contributed by atoms with Crippen molar-refractivity contribution in [1.29, 1.82) is 0 Å². The molecule has 3 heterocycles. The van der Waals surface area contributed by atoms with Gasteiger partial charge < -0.3 is 15.5 Å². The van der Waals surface area contributed by atoms with Crippen LogP contribution in [0.3, 0.4) is 0 Å². The Labute approximate surface area is 189 Å². The Hall–Kier alpha value is -4.20. The fourth-order valence-corrected chi connectivity index (χ4v) is 4.15. The first kappa shape index (κ1) is 20.7. The van der Waals surface area contributed by atoms with Gasteiger partial charge in [-0.1, -0.05) is 0 Å². The lowest BCUT2D eigenvalue weighted by atomic mass is 9.96. The number of carbonyl (C=O) groups is 1. The number of nitrogens with one attached hydrogen (secondary N) is 1. The molecule has 7 nitrogen and oxygen atoms in total. The van der Waals surface area contributed by atoms with Crippen LogP contribution >= 0.6 is 0 Å². The van der Waals surface area contributed by atoms with E-state index in [0.29, 0.717) is 41.2 Å². The highest BCUT2D eigenvalue weighted by Gasteiger charge is 2.14. The second-order valence-electron chi connectivity index (χ2n) is 8.09. The monoisotopic (exact) mass is 443 g/mol. The largest absolute Gasteiger partial charge is 0.459 e. The highest BCUT2D eigenvalue weighted by Crippen LogP contribution is 2.28. The highest BCUT2D eigenvalue weighted by molar-refractivity contribution is 5.95. The van der Waals surface area contributed by atoms with E-state index in [-0.39, 0.29) is 11.7 Å². The van der Waals surface area contributed by atoms with Crippen molar-refractivity contribution in [3.63, 3.8) is 0 Å². The number of amides is 1. The number of hydrogen-bond donors (Lipinski definition) is 2. The minimum Gasteiger partial charge on any atom is -0.459 e. The number of benzene rings is 2. The van der Waals surface area contributed by atoms with E-state index in [2.05, 4.69) is 15.4 Å². The number of furan rings is 1. The van der Waals surface area contributed by atoms with Crippen molar-refractivity contribution in [3.8, 4) is 0 Å². The lowest BCUT2D eigenvalue weighted by Gasteiger charge is -2.14. The number of nitrogen functional groups attached to an aromatic ring is 1. The second-order valence-corrected chi connectivity index (χ2v) is 8.09. The van der Waals surface area contributed by atoms with Gasteiger partial charge in [0.1, 0.15) is 23.0 Å². The van der Waals surface area contributed by atoms with Crippen LogP contribution in [0, 0.1) is 19.7 Å². The summed E-state index contributed by atoms with van der Waals surface area (Å²) in [5, 5.41) is 9.87. The topological polar surface area (TPSA) is 99.0 Å². The Morgan fingerprint density at radius 1 is 1.18 bits per heavy atom. The average Bonchev–Trinajstić information content (AvgIpc) is 3.41. The summed E-state index contributed by atoms with van der Waals surface area (Å²) >= 11 is 0. The molecule has 0 bridgehead atoms. The zero-order valence-corrected chi connectivity index (χ0v) is 18.2. The van der Waals surface area contributed by atoms with Crippen LogP contribution in [0.2, 0.25) is 0 Å². The number of fused-ring (bicyclic) bond motifs is 2. The Balaban J connectivity index is 1.30. The zero-order valence-electron chi connectivity index (χ0n) is 18.2. The van der Waals surface area contributed by atoms with Crippen molar-refractivity contribution in [2.45, 2.75) is 26.9 Å². The van der Waals surface area contributed by atoms with Crippen LogP contribution in [-0.2, 0) is 13.1 Å². The molecule has 0 aliphatic carbocycles. The van der Waals surface area contributed by atoms with Gasteiger partial charge in [0.15, 0.2) is 0 Å². The zero-order chi connectivity index (χ0) is 23.1. The third-order valence-corrected chi connectivity index (χ3v) is 5.88. The standard InChI is InChI=1S/C25H22FN5O2/c1-14-7-21-20(5-6-28-24(21)27)15(2)22(14)11-29-25(32)17-10-30-31(12-17)13-19-9-16-8-18(26)3-4-23(16)33-19/h3-10,12H,11,13H2,1-2H3,(H2,27,28)(H,29,32). The van der Waals surface area contributed by atoms with Crippen molar-refractivity contribution in [3.05, 3.63) is 88.8 Å². The van der Waals surface area contributed by atoms with Crippen molar-refractivity contribution in [2.24, 2.45) is 0 Å². The summed E-state index contributed by atoms with van der Waals surface area (Å²) in [5.41, 5.74) is 10.2. The van der Waals surface area contributed by atoms with Gasteiger partial charge in [-0.2, -0.15) is 5.10 Å². The maximum Gasteiger partial charge on any atom is 0.254 e. The fraction of sp³-hybridized carbons (Fsp3) is 0.160. The molecule has 166 valence electrons. The van der Waals surface area contributed by atoms with Gasteiger partial charge in [0.05, 0.1) is 18.3 Å². The van der Waals surface area contributed by atoms with Crippen LogP contribution in [0.5, 0.6) is 0 Å².